The number of aryl methyl sites for hydroxylation is 1. The molecule has 14 heavy (non-hydrogen) atoms. The first-order chi connectivity index (χ1) is 6.95. The zero-order valence-corrected chi connectivity index (χ0v) is 7.96. The Labute approximate surface area is 83.4 Å². The SMILES string of the molecule is C1=CNC2=C(C1)CCc1ncccc12. The van der Waals surface area contributed by atoms with Crippen LogP contribution in [0.1, 0.15) is 24.1 Å². The Morgan fingerprint density at radius 3 is 3.29 bits per heavy atom. The third-order valence-corrected chi connectivity index (χ3v) is 2.89. The summed E-state index contributed by atoms with van der Waals surface area (Å²) in [5.74, 6) is 0. The molecule has 0 fully saturated rings. The van der Waals surface area contributed by atoms with Crippen molar-refractivity contribution in [2.45, 2.75) is 19.3 Å². The van der Waals surface area contributed by atoms with E-state index in [1.54, 1.807) is 0 Å². The lowest BCUT2D eigenvalue weighted by molar-refractivity contribution is 0.828. The fourth-order valence-corrected chi connectivity index (χ4v) is 2.18. The van der Waals surface area contributed by atoms with Gasteiger partial charge in [-0.2, -0.15) is 0 Å². The molecule has 2 aliphatic rings. The van der Waals surface area contributed by atoms with Crippen LogP contribution in [-0.2, 0) is 6.42 Å². The minimum atomic E-state index is 1.09. The zero-order valence-electron chi connectivity index (χ0n) is 7.96. The lowest BCUT2D eigenvalue weighted by Gasteiger charge is -2.24. The summed E-state index contributed by atoms with van der Waals surface area (Å²) < 4.78 is 0. The summed E-state index contributed by atoms with van der Waals surface area (Å²) >= 11 is 0. The van der Waals surface area contributed by atoms with E-state index in [1.807, 2.05) is 18.5 Å². The number of pyridine rings is 1. The van der Waals surface area contributed by atoms with E-state index in [4.69, 9.17) is 0 Å². The van der Waals surface area contributed by atoms with E-state index >= 15 is 0 Å². The lowest BCUT2D eigenvalue weighted by atomic mass is 9.90. The van der Waals surface area contributed by atoms with E-state index < -0.39 is 0 Å². The van der Waals surface area contributed by atoms with Gasteiger partial charge in [0.15, 0.2) is 0 Å². The summed E-state index contributed by atoms with van der Waals surface area (Å²) in [4.78, 5) is 4.41. The van der Waals surface area contributed by atoms with Gasteiger partial charge in [-0.1, -0.05) is 6.08 Å². The summed E-state index contributed by atoms with van der Waals surface area (Å²) in [6, 6.07) is 4.16. The second-order valence-electron chi connectivity index (χ2n) is 3.73. The Balaban J connectivity index is 2.14. The maximum atomic E-state index is 4.41. The molecule has 0 bridgehead atoms. The maximum absolute atomic E-state index is 4.41. The third-order valence-electron chi connectivity index (χ3n) is 2.89. The number of hydrogen-bond donors (Lipinski definition) is 1. The van der Waals surface area contributed by atoms with Gasteiger partial charge in [0.05, 0.1) is 0 Å². The minimum Gasteiger partial charge on any atom is -0.361 e. The van der Waals surface area contributed by atoms with Crippen molar-refractivity contribution in [2.24, 2.45) is 0 Å². The molecule has 2 nitrogen and oxygen atoms in total. The molecular weight excluding hydrogens is 172 g/mol. The molecule has 2 heterocycles. The van der Waals surface area contributed by atoms with E-state index in [9.17, 15) is 0 Å². The van der Waals surface area contributed by atoms with Crippen LogP contribution in [0.15, 0.2) is 36.2 Å². The molecule has 0 radical (unpaired) electrons. The second kappa shape index (κ2) is 2.98. The molecule has 0 spiro atoms. The van der Waals surface area contributed by atoms with Gasteiger partial charge in [-0.05, 0) is 43.2 Å². The maximum Gasteiger partial charge on any atom is 0.0499 e. The van der Waals surface area contributed by atoms with Gasteiger partial charge in [-0.15, -0.1) is 0 Å². The van der Waals surface area contributed by atoms with Gasteiger partial charge >= 0.3 is 0 Å². The van der Waals surface area contributed by atoms with Crippen molar-refractivity contribution < 1.29 is 0 Å². The van der Waals surface area contributed by atoms with Gasteiger partial charge in [-0.3, -0.25) is 4.98 Å². The predicted octanol–water partition coefficient (Wildman–Crippen LogP) is 2.25. The molecule has 1 aliphatic heterocycles. The Bertz CT molecular complexity index is 430. The average molecular weight is 184 g/mol. The van der Waals surface area contributed by atoms with Crippen molar-refractivity contribution in [2.75, 3.05) is 0 Å². The zero-order chi connectivity index (χ0) is 9.38. The van der Waals surface area contributed by atoms with E-state index in [1.165, 1.54) is 22.5 Å². The number of rotatable bonds is 0. The molecule has 0 unspecified atom stereocenters. The minimum absolute atomic E-state index is 1.09. The van der Waals surface area contributed by atoms with Crippen LogP contribution in [0.4, 0.5) is 0 Å². The molecule has 0 saturated heterocycles. The molecule has 2 heteroatoms. The predicted molar refractivity (Wildman–Crippen MR) is 56.4 cm³/mol. The number of dihydropyridines is 1. The van der Waals surface area contributed by atoms with Crippen LogP contribution >= 0.6 is 0 Å². The molecule has 1 aromatic rings. The van der Waals surface area contributed by atoms with Crippen molar-refractivity contribution in [3.63, 3.8) is 0 Å². The van der Waals surface area contributed by atoms with Crippen molar-refractivity contribution in [1.82, 2.24) is 10.3 Å². The number of nitrogens with one attached hydrogen (secondary N) is 1. The van der Waals surface area contributed by atoms with E-state index in [2.05, 4.69) is 22.4 Å². The molecule has 0 atom stereocenters. The first-order valence-electron chi connectivity index (χ1n) is 5.03. The Morgan fingerprint density at radius 1 is 1.29 bits per heavy atom. The Morgan fingerprint density at radius 2 is 2.29 bits per heavy atom. The number of hydrogen-bond acceptors (Lipinski definition) is 2. The van der Waals surface area contributed by atoms with Gasteiger partial charge in [0, 0.05) is 23.2 Å². The number of nitrogens with zero attached hydrogens (tertiary/aromatic N) is 1. The van der Waals surface area contributed by atoms with Crippen LogP contribution in [-0.4, -0.2) is 4.98 Å². The molecule has 1 aliphatic carbocycles. The highest BCUT2D eigenvalue weighted by Gasteiger charge is 2.19. The van der Waals surface area contributed by atoms with Crippen LogP contribution < -0.4 is 5.32 Å². The molecular formula is C12H12N2. The molecule has 0 saturated carbocycles. The fourth-order valence-electron chi connectivity index (χ4n) is 2.18. The van der Waals surface area contributed by atoms with E-state index in [0.29, 0.717) is 0 Å². The normalized spacial score (nSPS) is 18.6. The monoisotopic (exact) mass is 184 g/mol. The quantitative estimate of drug-likeness (QED) is 0.669. The Kier molecular flexibility index (Phi) is 1.66. The van der Waals surface area contributed by atoms with Gasteiger partial charge in [0.2, 0.25) is 0 Å². The summed E-state index contributed by atoms with van der Waals surface area (Å²) in [6.45, 7) is 0. The van der Waals surface area contributed by atoms with Crippen LogP contribution in [0.2, 0.25) is 0 Å². The highest BCUT2D eigenvalue weighted by atomic mass is 14.9. The summed E-state index contributed by atoms with van der Waals surface area (Å²) in [7, 11) is 0. The molecule has 0 aromatic carbocycles. The van der Waals surface area contributed by atoms with Crippen molar-refractivity contribution >= 4 is 5.70 Å². The topological polar surface area (TPSA) is 24.9 Å². The third kappa shape index (κ3) is 1.07. The molecule has 0 amide bonds. The van der Waals surface area contributed by atoms with Crippen LogP contribution in [0.3, 0.4) is 0 Å². The number of aromatic nitrogens is 1. The van der Waals surface area contributed by atoms with E-state index in [-0.39, 0.29) is 0 Å². The van der Waals surface area contributed by atoms with Crippen molar-refractivity contribution in [3.8, 4) is 0 Å². The standard InChI is InChI=1S/C12H12N2/c1-3-9-5-6-11-10(4-2-7-13-11)12(9)14-8-1/h1-2,4,7-8,14H,3,5-6H2. The van der Waals surface area contributed by atoms with Gasteiger partial charge in [0.25, 0.3) is 0 Å². The largest absolute Gasteiger partial charge is 0.361 e. The summed E-state index contributed by atoms with van der Waals surface area (Å²) in [6.07, 6.45) is 9.42. The highest BCUT2D eigenvalue weighted by molar-refractivity contribution is 5.72. The van der Waals surface area contributed by atoms with Crippen LogP contribution in [0, 0.1) is 0 Å². The second-order valence-corrected chi connectivity index (χ2v) is 3.73. The van der Waals surface area contributed by atoms with E-state index in [0.717, 1.165) is 19.3 Å². The van der Waals surface area contributed by atoms with Gasteiger partial charge in [0.1, 0.15) is 0 Å². The van der Waals surface area contributed by atoms with Crippen molar-refractivity contribution in [1.29, 1.82) is 0 Å². The summed E-state index contributed by atoms with van der Waals surface area (Å²) in [5.41, 5.74) is 5.34. The van der Waals surface area contributed by atoms with Gasteiger partial charge in [-0.25, -0.2) is 0 Å². The Hall–Kier alpha value is -1.57. The first kappa shape index (κ1) is 7.80. The van der Waals surface area contributed by atoms with Gasteiger partial charge < -0.3 is 5.32 Å². The lowest BCUT2D eigenvalue weighted by Crippen LogP contribution is -2.17. The average Bonchev–Trinajstić information content (AvgIpc) is 2.29. The highest BCUT2D eigenvalue weighted by Crippen LogP contribution is 2.31. The van der Waals surface area contributed by atoms with Crippen molar-refractivity contribution in [3.05, 3.63) is 47.4 Å². The fraction of sp³-hybridized carbons (Fsp3) is 0.250. The molecule has 3 rings (SSSR count). The molecule has 70 valence electrons. The number of allylic oxidation sites excluding steroid dienone is 2. The van der Waals surface area contributed by atoms with Crippen LogP contribution in [0.25, 0.3) is 5.70 Å². The van der Waals surface area contributed by atoms with Crippen LogP contribution in [0.5, 0.6) is 0 Å². The smallest absolute Gasteiger partial charge is 0.0499 e. The first-order valence-corrected chi connectivity index (χ1v) is 5.03. The number of fused-ring (bicyclic) bond motifs is 2. The summed E-state index contributed by atoms with van der Waals surface area (Å²) in [5, 5.41) is 3.34. The molecule has 1 aromatic heterocycles. The molecule has 1 N–H and O–H groups in total.